The molecule has 2 fully saturated rings. The van der Waals surface area contributed by atoms with Crippen LogP contribution in [-0.4, -0.2) is 84.0 Å². The molecule has 4 nitrogen and oxygen atoms in total. The molecule has 4 rings (SSSR count). The van der Waals surface area contributed by atoms with Gasteiger partial charge in [-0.1, -0.05) is 42.5 Å². The van der Waals surface area contributed by atoms with Crippen LogP contribution >= 0.6 is 11.8 Å². The molecule has 1 N–H and O–H groups in total. The van der Waals surface area contributed by atoms with Crippen molar-refractivity contribution in [3.8, 4) is 0 Å². The fourth-order valence-electron chi connectivity index (χ4n) is 4.83. The van der Waals surface area contributed by atoms with Gasteiger partial charge in [-0.15, -0.1) is 11.8 Å². The van der Waals surface area contributed by atoms with E-state index < -0.39 is 0 Å². The Morgan fingerprint density at radius 2 is 1.67 bits per heavy atom. The number of nitrogens with zero attached hydrogens (tertiary/aromatic N) is 3. The Bertz CT molecular complexity index is 779. The van der Waals surface area contributed by atoms with Crippen LogP contribution in [0.3, 0.4) is 0 Å². The molecule has 2 aliphatic heterocycles. The Kier molecular flexibility index (Phi) is 7.85. The minimum absolute atomic E-state index is 0.252. The van der Waals surface area contributed by atoms with Crippen LogP contribution in [0.15, 0.2) is 59.5 Å². The second-order valence-corrected chi connectivity index (χ2v) is 9.50. The highest BCUT2D eigenvalue weighted by Crippen LogP contribution is 2.22. The van der Waals surface area contributed by atoms with Crippen molar-refractivity contribution in [1.29, 1.82) is 0 Å². The summed E-state index contributed by atoms with van der Waals surface area (Å²) >= 11 is 1.79. The summed E-state index contributed by atoms with van der Waals surface area (Å²) in [5.74, 6) is 0. The summed E-state index contributed by atoms with van der Waals surface area (Å²) < 4.78 is 0. The van der Waals surface area contributed by atoms with Gasteiger partial charge in [0.15, 0.2) is 0 Å². The van der Waals surface area contributed by atoms with Crippen LogP contribution in [0.5, 0.6) is 0 Å². The molecule has 0 aromatic heterocycles. The fraction of sp³-hybridized carbons (Fsp3) is 0.520. The number of aliphatic hydroxyl groups is 1. The molecule has 30 heavy (non-hydrogen) atoms. The van der Waals surface area contributed by atoms with Gasteiger partial charge >= 0.3 is 0 Å². The number of piperidine rings is 1. The number of rotatable bonds is 7. The first-order chi connectivity index (χ1) is 14.7. The maximum atomic E-state index is 10.9. The maximum Gasteiger partial charge on any atom is 0.0822 e. The Labute approximate surface area is 185 Å². The number of benzene rings is 2. The van der Waals surface area contributed by atoms with E-state index in [9.17, 15) is 5.11 Å². The number of hydrogen-bond donors (Lipinski definition) is 1. The number of hydrogen-bond acceptors (Lipinski definition) is 5. The second kappa shape index (κ2) is 10.8. The third-order valence-electron chi connectivity index (χ3n) is 6.61. The van der Waals surface area contributed by atoms with Crippen LogP contribution < -0.4 is 0 Å². The third kappa shape index (κ3) is 5.86. The molecular formula is C25H35N3OS. The number of piperazine rings is 1. The van der Waals surface area contributed by atoms with Gasteiger partial charge in [-0.2, -0.15) is 0 Å². The van der Waals surface area contributed by atoms with Crippen LogP contribution in [-0.2, 0) is 13.0 Å². The van der Waals surface area contributed by atoms with Gasteiger partial charge in [0, 0.05) is 63.3 Å². The smallest absolute Gasteiger partial charge is 0.0822 e. The van der Waals surface area contributed by atoms with Crippen LogP contribution in [0.1, 0.15) is 17.5 Å². The number of aliphatic hydroxyl groups excluding tert-OH is 1. The highest BCUT2D eigenvalue weighted by atomic mass is 32.2. The summed E-state index contributed by atoms with van der Waals surface area (Å²) in [7, 11) is 0. The summed E-state index contributed by atoms with van der Waals surface area (Å²) in [6, 6.07) is 19.9. The van der Waals surface area contributed by atoms with E-state index in [4.69, 9.17) is 0 Å². The summed E-state index contributed by atoms with van der Waals surface area (Å²) in [6.45, 7) is 8.29. The Hall–Kier alpha value is -1.37. The lowest BCUT2D eigenvalue weighted by Gasteiger charge is -2.45. The van der Waals surface area contributed by atoms with Crippen molar-refractivity contribution < 1.29 is 5.11 Å². The lowest BCUT2D eigenvalue weighted by atomic mass is 9.98. The van der Waals surface area contributed by atoms with Crippen LogP contribution in [0.2, 0.25) is 0 Å². The van der Waals surface area contributed by atoms with Crippen molar-refractivity contribution >= 4 is 11.8 Å². The van der Waals surface area contributed by atoms with Gasteiger partial charge in [0.25, 0.3) is 0 Å². The highest BCUT2D eigenvalue weighted by molar-refractivity contribution is 7.98. The summed E-state index contributed by atoms with van der Waals surface area (Å²) in [5.41, 5.74) is 2.77. The largest absolute Gasteiger partial charge is 0.390 e. The average Bonchev–Trinajstić information content (AvgIpc) is 2.79. The van der Waals surface area contributed by atoms with Gasteiger partial charge in [0.2, 0.25) is 0 Å². The fourth-order valence-corrected chi connectivity index (χ4v) is 5.32. The van der Waals surface area contributed by atoms with E-state index >= 15 is 0 Å². The zero-order valence-electron chi connectivity index (χ0n) is 18.1. The van der Waals surface area contributed by atoms with Crippen LogP contribution in [0.4, 0.5) is 0 Å². The molecule has 2 atom stereocenters. The Morgan fingerprint density at radius 3 is 2.40 bits per heavy atom. The molecular weight excluding hydrogens is 390 g/mol. The molecule has 0 radical (unpaired) electrons. The predicted molar refractivity (Wildman–Crippen MR) is 126 cm³/mol. The highest BCUT2D eigenvalue weighted by Gasteiger charge is 2.33. The Morgan fingerprint density at radius 1 is 0.900 bits per heavy atom. The molecule has 2 heterocycles. The summed E-state index contributed by atoms with van der Waals surface area (Å²) in [6.07, 6.45) is 4.06. The quantitative estimate of drug-likeness (QED) is 0.689. The molecule has 5 heteroatoms. The zero-order chi connectivity index (χ0) is 20.8. The predicted octanol–water partition coefficient (Wildman–Crippen LogP) is 3.20. The van der Waals surface area contributed by atoms with Gasteiger partial charge in [-0.05, 0) is 42.4 Å². The van der Waals surface area contributed by atoms with E-state index in [1.807, 2.05) is 0 Å². The Balaban J connectivity index is 1.21. The van der Waals surface area contributed by atoms with Crippen LogP contribution in [0, 0.1) is 0 Å². The van der Waals surface area contributed by atoms with Crippen molar-refractivity contribution in [2.24, 2.45) is 0 Å². The van der Waals surface area contributed by atoms with Crippen LogP contribution in [0.25, 0.3) is 0 Å². The minimum atomic E-state index is -0.252. The zero-order valence-corrected chi connectivity index (χ0v) is 18.9. The average molecular weight is 426 g/mol. The number of likely N-dealkylation sites (tertiary alicyclic amines) is 1. The normalized spacial score (nSPS) is 24.2. The first-order valence-electron chi connectivity index (χ1n) is 11.2. The molecule has 0 spiro atoms. The molecule has 0 unspecified atom stereocenters. The molecule has 2 aromatic rings. The standard InChI is InChI=1S/C25H35N3OS/c1-30-23-9-5-8-22(18-23)19-27-13-11-24(25(29)20-27)28-16-14-26(15-17-28)12-10-21-6-3-2-4-7-21/h2-9,18,24-25,29H,10-17,19-20H2,1H3/t24-,25-/m0/s1. The van der Waals surface area contributed by atoms with Crippen molar-refractivity contribution in [3.63, 3.8) is 0 Å². The molecule has 2 aliphatic rings. The topological polar surface area (TPSA) is 30.0 Å². The van der Waals surface area contributed by atoms with Gasteiger partial charge in [-0.25, -0.2) is 0 Å². The van der Waals surface area contributed by atoms with E-state index in [1.165, 1.54) is 16.0 Å². The van der Waals surface area contributed by atoms with E-state index in [1.54, 1.807) is 11.8 Å². The molecule has 0 bridgehead atoms. The summed E-state index contributed by atoms with van der Waals surface area (Å²) in [5, 5.41) is 10.9. The molecule has 2 aromatic carbocycles. The van der Waals surface area contributed by atoms with Gasteiger partial charge < -0.3 is 10.0 Å². The maximum absolute atomic E-state index is 10.9. The first kappa shape index (κ1) is 21.8. The number of thioether (sulfide) groups is 1. The SMILES string of the molecule is CSc1cccc(CN2CC[C@H](N3CCN(CCc4ccccc4)CC3)[C@@H](O)C2)c1. The van der Waals surface area contributed by atoms with Gasteiger partial charge in [0.05, 0.1) is 6.10 Å². The lowest BCUT2D eigenvalue weighted by molar-refractivity contribution is -0.0308. The van der Waals surface area contributed by atoms with E-state index in [-0.39, 0.29) is 6.10 Å². The van der Waals surface area contributed by atoms with Gasteiger partial charge in [0.1, 0.15) is 0 Å². The van der Waals surface area contributed by atoms with E-state index in [2.05, 4.69) is 75.6 Å². The van der Waals surface area contributed by atoms with Gasteiger partial charge in [-0.3, -0.25) is 9.80 Å². The van der Waals surface area contributed by atoms with Crippen molar-refractivity contribution in [2.75, 3.05) is 52.1 Å². The van der Waals surface area contributed by atoms with E-state index in [0.29, 0.717) is 6.04 Å². The third-order valence-corrected chi connectivity index (χ3v) is 7.33. The number of β-amino-alcohol motifs (C(OH)–C–C–N with tert-alkyl or cyclic N) is 1. The summed E-state index contributed by atoms with van der Waals surface area (Å²) in [4.78, 5) is 8.84. The molecule has 0 aliphatic carbocycles. The first-order valence-corrected chi connectivity index (χ1v) is 12.5. The van der Waals surface area contributed by atoms with E-state index in [0.717, 1.165) is 65.2 Å². The monoisotopic (exact) mass is 425 g/mol. The second-order valence-electron chi connectivity index (χ2n) is 8.62. The minimum Gasteiger partial charge on any atom is -0.390 e. The molecule has 0 saturated carbocycles. The van der Waals surface area contributed by atoms with Crippen molar-refractivity contribution in [2.45, 2.75) is 36.4 Å². The van der Waals surface area contributed by atoms with Crippen molar-refractivity contribution in [3.05, 3.63) is 65.7 Å². The van der Waals surface area contributed by atoms with Crippen molar-refractivity contribution in [1.82, 2.24) is 14.7 Å². The molecule has 162 valence electrons. The molecule has 0 amide bonds. The lowest BCUT2D eigenvalue weighted by Crippen LogP contribution is -2.58. The molecule has 2 saturated heterocycles.